The fourth-order valence-electron chi connectivity index (χ4n) is 4.30. The van der Waals surface area contributed by atoms with Crippen molar-refractivity contribution in [1.82, 2.24) is 14.8 Å². The van der Waals surface area contributed by atoms with Crippen LogP contribution >= 0.6 is 0 Å². The highest BCUT2D eigenvalue weighted by molar-refractivity contribution is 6.06. The van der Waals surface area contributed by atoms with E-state index in [1.165, 1.54) is 0 Å². The Kier molecular flexibility index (Phi) is 6.06. The molecule has 2 heterocycles. The van der Waals surface area contributed by atoms with Gasteiger partial charge in [-0.3, -0.25) is 4.79 Å². The van der Waals surface area contributed by atoms with E-state index in [0.29, 0.717) is 24.0 Å². The number of aryl methyl sites for hydroxylation is 1. The van der Waals surface area contributed by atoms with E-state index in [9.17, 15) is 4.79 Å². The molecule has 5 rings (SSSR count). The number of rotatable bonds is 6. The Labute approximate surface area is 204 Å². The van der Waals surface area contributed by atoms with Crippen LogP contribution in [0.3, 0.4) is 0 Å². The molecule has 35 heavy (non-hydrogen) atoms. The maximum absolute atomic E-state index is 13.5. The van der Waals surface area contributed by atoms with E-state index < -0.39 is 6.04 Å². The second kappa shape index (κ2) is 9.46. The number of ether oxygens (including phenoxy) is 1. The summed E-state index contributed by atoms with van der Waals surface area (Å²) in [4.78, 5) is 18.3. The highest BCUT2D eigenvalue weighted by Crippen LogP contribution is 2.37. The Morgan fingerprint density at radius 2 is 1.80 bits per heavy atom. The Morgan fingerprint density at radius 3 is 2.51 bits per heavy atom. The summed E-state index contributed by atoms with van der Waals surface area (Å²) in [6, 6.07) is 24.9. The molecule has 1 aromatic heterocycles. The number of carbonyl (C=O) groups excluding carboxylic acids is 1. The largest absolute Gasteiger partial charge is 0.494 e. The van der Waals surface area contributed by atoms with Crippen molar-refractivity contribution >= 4 is 17.5 Å². The Bertz CT molecular complexity index is 1390. The molecule has 176 valence electrons. The maximum Gasteiger partial charge on any atom is 0.255 e. The number of hydrogen-bond acceptors (Lipinski definition) is 5. The highest BCUT2D eigenvalue weighted by atomic mass is 16.5. The van der Waals surface area contributed by atoms with Crippen molar-refractivity contribution in [3.8, 4) is 17.1 Å². The van der Waals surface area contributed by atoms with Gasteiger partial charge in [0.2, 0.25) is 5.95 Å². The van der Waals surface area contributed by atoms with Crippen molar-refractivity contribution in [2.24, 2.45) is 0 Å². The first-order valence-corrected chi connectivity index (χ1v) is 11.6. The summed E-state index contributed by atoms with van der Waals surface area (Å²) in [7, 11) is 0. The molecule has 0 radical (unpaired) electrons. The molecule has 7 heteroatoms. The first-order chi connectivity index (χ1) is 17.0. The van der Waals surface area contributed by atoms with Crippen LogP contribution in [0.2, 0.25) is 0 Å². The van der Waals surface area contributed by atoms with Crippen LogP contribution in [0.25, 0.3) is 11.4 Å². The number of anilines is 2. The molecule has 2 N–H and O–H groups in total. The summed E-state index contributed by atoms with van der Waals surface area (Å²) in [6.45, 7) is 6.50. The molecule has 1 atom stereocenters. The van der Waals surface area contributed by atoms with Crippen molar-refractivity contribution in [3.63, 3.8) is 0 Å². The summed E-state index contributed by atoms with van der Waals surface area (Å²) in [5.74, 6) is 1.78. The van der Waals surface area contributed by atoms with Gasteiger partial charge in [-0.2, -0.15) is 4.98 Å². The zero-order valence-corrected chi connectivity index (χ0v) is 19.9. The van der Waals surface area contributed by atoms with E-state index in [2.05, 4.69) is 16.7 Å². The van der Waals surface area contributed by atoms with Gasteiger partial charge in [0.05, 0.1) is 12.2 Å². The number of nitrogens with zero attached hydrogens (tertiary/aromatic N) is 3. The van der Waals surface area contributed by atoms with Gasteiger partial charge in [-0.25, -0.2) is 4.68 Å². The van der Waals surface area contributed by atoms with Crippen LogP contribution in [0.5, 0.6) is 5.75 Å². The second-order valence-corrected chi connectivity index (χ2v) is 8.46. The Morgan fingerprint density at radius 1 is 1.03 bits per heavy atom. The summed E-state index contributed by atoms with van der Waals surface area (Å²) >= 11 is 0. The third kappa shape index (κ3) is 4.53. The number of amides is 1. The van der Waals surface area contributed by atoms with Crippen LogP contribution in [0.4, 0.5) is 11.6 Å². The lowest BCUT2D eigenvalue weighted by Crippen LogP contribution is -2.31. The molecular weight excluding hydrogens is 438 g/mol. The van der Waals surface area contributed by atoms with E-state index in [0.717, 1.165) is 33.8 Å². The fourth-order valence-corrected chi connectivity index (χ4v) is 4.30. The van der Waals surface area contributed by atoms with Crippen LogP contribution in [0.15, 0.2) is 90.1 Å². The van der Waals surface area contributed by atoms with Crippen LogP contribution in [-0.2, 0) is 4.79 Å². The monoisotopic (exact) mass is 465 g/mol. The summed E-state index contributed by atoms with van der Waals surface area (Å²) in [5, 5.41) is 11.2. The minimum atomic E-state index is -0.432. The van der Waals surface area contributed by atoms with Gasteiger partial charge in [-0.1, -0.05) is 48.0 Å². The van der Waals surface area contributed by atoms with Crippen molar-refractivity contribution in [3.05, 3.63) is 101 Å². The van der Waals surface area contributed by atoms with Gasteiger partial charge in [0.25, 0.3) is 5.91 Å². The van der Waals surface area contributed by atoms with Gasteiger partial charge in [-0.05, 0) is 62.7 Å². The van der Waals surface area contributed by atoms with Crippen LogP contribution in [0.1, 0.15) is 31.0 Å². The number of para-hydroxylation sites is 1. The molecular formula is C28H27N5O2. The number of aromatic nitrogens is 3. The molecule has 0 saturated carbocycles. The minimum absolute atomic E-state index is 0.184. The van der Waals surface area contributed by atoms with Gasteiger partial charge in [0, 0.05) is 16.9 Å². The van der Waals surface area contributed by atoms with Gasteiger partial charge < -0.3 is 15.4 Å². The van der Waals surface area contributed by atoms with Crippen LogP contribution in [-0.4, -0.2) is 27.3 Å². The standard InChI is InChI=1S/C28H27N5O2/c1-4-35-23-15-13-20(14-16-23)26-31-28-29-19(3)24(27(34)30-22-11-6-5-7-12-22)25(33(28)32-26)21-10-8-9-18(2)17-21/h5-17,25H,4H2,1-3H3,(H,30,34)(H,29,31,32). The van der Waals surface area contributed by atoms with E-state index in [4.69, 9.17) is 14.8 Å². The number of nitrogens with one attached hydrogen (secondary N) is 2. The van der Waals surface area contributed by atoms with E-state index in [1.807, 2.05) is 93.6 Å². The molecule has 1 aliphatic rings. The first-order valence-electron chi connectivity index (χ1n) is 11.6. The van der Waals surface area contributed by atoms with Crippen molar-refractivity contribution in [2.45, 2.75) is 26.8 Å². The van der Waals surface area contributed by atoms with Gasteiger partial charge in [0.1, 0.15) is 11.8 Å². The predicted octanol–water partition coefficient (Wildman–Crippen LogP) is 5.58. The van der Waals surface area contributed by atoms with Crippen molar-refractivity contribution in [1.29, 1.82) is 0 Å². The molecule has 7 nitrogen and oxygen atoms in total. The maximum atomic E-state index is 13.5. The van der Waals surface area contributed by atoms with Gasteiger partial charge in [0.15, 0.2) is 5.82 Å². The van der Waals surface area contributed by atoms with Gasteiger partial charge >= 0.3 is 0 Å². The number of fused-ring (bicyclic) bond motifs is 1. The molecule has 4 aromatic rings. The Balaban J connectivity index is 1.57. The second-order valence-electron chi connectivity index (χ2n) is 8.46. The molecule has 3 aromatic carbocycles. The first kappa shape index (κ1) is 22.4. The lowest BCUT2D eigenvalue weighted by atomic mass is 9.94. The number of allylic oxidation sites excluding steroid dienone is 1. The van der Waals surface area contributed by atoms with E-state index in [1.54, 1.807) is 4.68 Å². The number of benzene rings is 3. The average molecular weight is 466 g/mol. The molecule has 1 aliphatic heterocycles. The summed E-state index contributed by atoms with van der Waals surface area (Å²) in [5.41, 5.74) is 5.01. The average Bonchev–Trinajstić information content (AvgIpc) is 3.28. The molecule has 0 spiro atoms. The van der Waals surface area contributed by atoms with Crippen LogP contribution < -0.4 is 15.4 Å². The Hall–Kier alpha value is -4.39. The smallest absolute Gasteiger partial charge is 0.255 e. The van der Waals surface area contributed by atoms with Crippen molar-refractivity contribution in [2.75, 3.05) is 17.2 Å². The minimum Gasteiger partial charge on any atom is -0.494 e. The summed E-state index contributed by atoms with van der Waals surface area (Å²) < 4.78 is 7.36. The molecule has 0 saturated heterocycles. The third-order valence-corrected chi connectivity index (χ3v) is 5.91. The van der Waals surface area contributed by atoms with E-state index in [-0.39, 0.29) is 5.91 Å². The highest BCUT2D eigenvalue weighted by Gasteiger charge is 2.34. The van der Waals surface area contributed by atoms with E-state index >= 15 is 0 Å². The molecule has 1 amide bonds. The lowest BCUT2D eigenvalue weighted by Gasteiger charge is -2.29. The normalized spacial score (nSPS) is 14.8. The molecule has 0 aliphatic carbocycles. The van der Waals surface area contributed by atoms with Crippen LogP contribution in [0, 0.1) is 6.92 Å². The zero-order chi connectivity index (χ0) is 24.4. The lowest BCUT2D eigenvalue weighted by molar-refractivity contribution is -0.113. The predicted molar refractivity (Wildman–Crippen MR) is 137 cm³/mol. The summed E-state index contributed by atoms with van der Waals surface area (Å²) in [6.07, 6.45) is 0. The van der Waals surface area contributed by atoms with Crippen molar-refractivity contribution < 1.29 is 9.53 Å². The number of hydrogen-bond donors (Lipinski definition) is 2. The topological polar surface area (TPSA) is 81.1 Å². The molecule has 0 fully saturated rings. The zero-order valence-electron chi connectivity index (χ0n) is 19.9. The molecule has 0 bridgehead atoms. The third-order valence-electron chi connectivity index (χ3n) is 5.91. The fraction of sp³-hybridized carbons (Fsp3) is 0.179. The van der Waals surface area contributed by atoms with Gasteiger partial charge in [-0.15, -0.1) is 5.10 Å². The quantitative estimate of drug-likeness (QED) is 0.389. The SMILES string of the molecule is CCOc1ccc(-c2nc3n(n2)C(c2cccc(C)c2)C(C(=O)Nc2ccccc2)=C(C)N3)cc1. The molecule has 1 unspecified atom stereocenters. The number of carbonyl (C=O) groups is 1.